The van der Waals surface area contributed by atoms with E-state index in [9.17, 15) is 5.21 Å². The third-order valence-electron chi connectivity index (χ3n) is 1.95. The van der Waals surface area contributed by atoms with Gasteiger partial charge in [-0.25, -0.2) is 9.97 Å². The SMILES string of the molecule is Nc1cc(Cl)nc(SCc2cccc[n+]2[O-])n1. The Labute approximate surface area is 107 Å². The molecule has 0 radical (unpaired) electrons. The Morgan fingerprint density at radius 3 is 2.94 bits per heavy atom. The van der Waals surface area contributed by atoms with Crippen LogP contribution in [-0.4, -0.2) is 9.97 Å². The van der Waals surface area contributed by atoms with E-state index < -0.39 is 0 Å². The normalized spacial score (nSPS) is 10.4. The van der Waals surface area contributed by atoms with Crippen molar-refractivity contribution in [2.45, 2.75) is 10.9 Å². The van der Waals surface area contributed by atoms with Crippen LogP contribution in [0, 0.1) is 5.21 Å². The van der Waals surface area contributed by atoms with Crippen LogP contribution in [0.3, 0.4) is 0 Å². The molecule has 0 aromatic carbocycles. The van der Waals surface area contributed by atoms with E-state index in [0.717, 1.165) is 4.73 Å². The van der Waals surface area contributed by atoms with Gasteiger partial charge >= 0.3 is 0 Å². The molecule has 0 aliphatic carbocycles. The number of aromatic nitrogens is 3. The zero-order chi connectivity index (χ0) is 12.3. The van der Waals surface area contributed by atoms with Gasteiger partial charge in [-0.2, -0.15) is 4.73 Å². The van der Waals surface area contributed by atoms with Crippen molar-refractivity contribution in [2.24, 2.45) is 0 Å². The number of halogens is 1. The Kier molecular flexibility index (Phi) is 3.65. The Morgan fingerprint density at radius 1 is 1.41 bits per heavy atom. The van der Waals surface area contributed by atoms with Gasteiger partial charge in [-0.05, 0) is 6.07 Å². The second kappa shape index (κ2) is 5.20. The minimum Gasteiger partial charge on any atom is -0.618 e. The summed E-state index contributed by atoms with van der Waals surface area (Å²) in [7, 11) is 0. The van der Waals surface area contributed by atoms with Gasteiger partial charge in [-0.15, -0.1) is 0 Å². The van der Waals surface area contributed by atoms with Crippen LogP contribution < -0.4 is 10.5 Å². The lowest BCUT2D eigenvalue weighted by Crippen LogP contribution is -2.30. The molecule has 88 valence electrons. The van der Waals surface area contributed by atoms with Gasteiger partial charge in [0.05, 0.1) is 5.75 Å². The van der Waals surface area contributed by atoms with Crippen LogP contribution in [0.15, 0.2) is 35.6 Å². The number of hydrogen-bond donors (Lipinski definition) is 1. The third kappa shape index (κ3) is 3.21. The van der Waals surface area contributed by atoms with Gasteiger partial charge in [-0.3, -0.25) is 0 Å². The first-order valence-corrected chi connectivity index (χ1v) is 6.11. The van der Waals surface area contributed by atoms with Crippen molar-refractivity contribution in [3.05, 3.63) is 46.5 Å². The molecule has 5 nitrogen and oxygen atoms in total. The van der Waals surface area contributed by atoms with Gasteiger partial charge in [-0.1, -0.05) is 23.4 Å². The first kappa shape index (κ1) is 11.9. The summed E-state index contributed by atoms with van der Waals surface area (Å²) in [5, 5.41) is 12.1. The molecule has 2 heterocycles. The van der Waals surface area contributed by atoms with Crippen LogP contribution >= 0.6 is 23.4 Å². The van der Waals surface area contributed by atoms with Gasteiger partial charge in [0.1, 0.15) is 11.0 Å². The Hall–Kier alpha value is -1.53. The second-order valence-corrected chi connectivity index (χ2v) is 4.53. The van der Waals surface area contributed by atoms with E-state index in [1.165, 1.54) is 24.0 Å². The highest BCUT2D eigenvalue weighted by Gasteiger charge is 2.07. The predicted octanol–water partition coefficient (Wildman–Crippen LogP) is 1.64. The lowest BCUT2D eigenvalue weighted by atomic mass is 10.4. The lowest BCUT2D eigenvalue weighted by molar-refractivity contribution is -0.612. The Balaban J connectivity index is 2.10. The fourth-order valence-corrected chi connectivity index (χ4v) is 2.27. The number of hydrogen-bond acceptors (Lipinski definition) is 5. The minimum atomic E-state index is 0.295. The zero-order valence-corrected chi connectivity index (χ0v) is 10.3. The zero-order valence-electron chi connectivity index (χ0n) is 8.71. The number of rotatable bonds is 3. The summed E-state index contributed by atoms with van der Waals surface area (Å²) in [6, 6.07) is 6.70. The molecule has 17 heavy (non-hydrogen) atoms. The predicted molar refractivity (Wildman–Crippen MR) is 66.4 cm³/mol. The van der Waals surface area contributed by atoms with Crippen LogP contribution in [0.5, 0.6) is 0 Å². The third-order valence-corrected chi connectivity index (χ3v) is 3.02. The van der Waals surface area contributed by atoms with Gasteiger partial charge in [0.15, 0.2) is 11.4 Å². The fourth-order valence-electron chi connectivity index (χ4n) is 1.19. The summed E-state index contributed by atoms with van der Waals surface area (Å²) in [5.41, 5.74) is 6.17. The van der Waals surface area contributed by atoms with Crippen LogP contribution in [0.4, 0.5) is 5.82 Å². The lowest BCUT2D eigenvalue weighted by Gasteiger charge is -2.03. The average molecular weight is 269 g/mol. The number of nitrogen functional groups attached to an aromatic ring is 1. The largest absolute Gasteiger partial charge is 0.618 e. The van der Waals surface area contributed by atoms with Crippen molar-refractivity contribution in [3.63, 3.8) is 0 Å². The molecule has 0 aliphatic heterocycles. The van der Waals surface area contributed by atoms with E-state index in [1.807, 2.05) is 0 Å². The van der Waals surface area contributed by atoms with Crippen molar-refractivity contribution in [3.8, 4) is 0 Å². The highest BCUT2D eigenvalue weighted by Crippen LogP contribution is 2.20. The molecule has 0 unspecified atom stereocenters. The molecule has 0 saturated heterocycles. The number of anilines is 1. The molecule has 0 atom stereocenters. The van der Waals surface area contributed by atoms with Crippen LogP contribution in [0.25, 0.3) is 0 Å². The summed E-state index contributed by atoms with van der Waals surface area (Å²) in [5.74, 6) is 0.778. The summed E-state index contributed by atoms with van der Waals surface area (Å²) in [4.78, 5) is 8.02. The summed E-state index contributed by atoms with van der Waals surface area (Å²) >= 11 is 7.06. The van der Waals surface area contributed by atoms with E-state index in [0.29, 0.717) is 27.6 Å². The minimum absolute atomic E-state index is 0.295. The fraction of sp³-hybridized carbons (Fsp3) is 0.100. The van der Waals surface area contributed by atoms with E-state index >= 15 is 0 Å². The van der Waals surface area contributed by atoms with Crippen molar-refractivity contribution in [1.29, 1.82) is 0 Å². The highest BCUT2D eigenvalue weighted by atomic mass is 35.5. The molecule has 0 fully saturated rings. The molecule has 2 aromatic heterocycles. The average Bonchev–Trinajstić information content (AvgIpc) is 2.27. The van der Waals surface area contributed by atoms with Gasteiger partial charge < -0.3 is 10.9 Å². The smallest absolute Gasteiger partial charge is 0.203 e. The molecular formula is C10H9ClN4OS. The first-order valence-electron chi connectivity index (χ1n) is 4.75. The van der Waals surface area contributed by atoms with Gasteiger partial charge in [0, 0.05) is 18.2 Å². The maximum absolute atomic E-state index is 11.4. The van der Waals surface area contributed by atoms with Crippen molar-refractivity contribution >= 4 is 29.2 Å². The molecular weight excluding hydrogens is 260 g/mol. The molecule has 0 spiro atoms. The van der Waals surface area contributed by atoms with Crippen LogP contribution in [0.2, 0.25) is 5.15 Å². The van der Waals surface area contributed by atoms with Crippen molar-refractivity contribution < 1.29 is 4.73 Å². The van der Waals surface area contributed by atoms with Crippen molar-refractivity contribution in [2.75, 3.05) is 5.73 Å². The standard InChI is InChI=1S/C10H9ClN4OS/c11-8-5-9(12)14-10(13-8)17-6-7-3-1-2-4-15(7)16/h1-5H,6H2,(H2,12,13,14). The van der Waals surface area contributed by atoms with Crippen LogP contribution in [0.1, 0.15) is 5.69 Å². The Morgan fingerprint density at radius 2 is 2.24 bits per heavy atom. The molecule has 0 saturated carbocycles. The van der Waals surface area contributed by atoms with Gasteiger partial charge in [0.25, 0.3) is 0 Å². The maximum atomic E-state index is 11.4. The molecule has 7 heteroatoms. The summed E-state index contributed by atoms with van der Waals surface area (Å²) < 4.78 is 0.806. The van der Waals surface area contributed by atoms with E-state index in [4.69, 9.17) is 17.3 Å². The number of nitrogens with zero attached hydrogens (tertiary/aromatic N) is 3. The Bertz CT molecular complexity index is 517. The van der Waals surface area contributed by atoms with E-state index in [2.05, 4.69) is 9.97 Å². The quantitative estimate of drug-likeness (QED) is 0.301. The summed E-state index contributed by atoms with van der Waals surface area (Å²) in [6.07, 6.45) is 1.45. The highest BCUT2D eigenvalue weighted by molar-refractivity contribution is 7.98. The second-order valence-electron chi connectivity index (χ2n) is 3.20. The summed E-state index contributed by atoms with van der Waals surface area (Å²) in [6.45, 7) is 0. The molecule has 2 aromatic rings. The molecule has 2 N–H and O–H groups in total. The maximum Gasteiger partial charge on any atom is 0.203 e. The topological polar surface area (TPSA) is 78.7 Å². The molecule has 2 rings (SSSR count). The van der Waals surface area contributed by atoms with Crippen LogP contribution in [-0.2, 0) is 5.75 Å². The number of thioether (sulfide) groups is 1. The van der Waals surface area contributed by atoms with Gasteiger partial charge in [0.2, 0.25) is 5.69 Å². The number of nitrogens with two attached hydrogens (primary N) is 1. The van der Waals surface area contributed by atoms with Crippen molar-refractivity contribution in [1.82, 2.24) is 9.97 Å². The monoisotopic (exact) mass is 268 g/mol. The van der Waals surface area contributed by atoms with E-state index in [1.54, 1.807) is 18.2 Å². The number of pyridine rings is 1. The molecule has 0 aliphatic rings. The van der Waals surface area contributed by atoms with E-state index in [-0.39, 0.29) is 0 Å². The molecule has 0 amide bonds. The first-order chi connectivity index (χ1) is 8.15. The molecule has 0 bridgehead atoms.